The van der Waals surface area contributed by atoms with Crippen LogP contribution < -0.4 is 10.1 Å². The first-order chi connectivity index (χ1) is 18.4. The summed E-state index contributed by atoms with van der Waals surface area (Å²) in [6.07, 6.45) is 0.726. The zero-order valence-electron chi connectivity index (χ0n) is 21.7. The van der Waals surface area contributed by atoms with E-state index in [0.717, 1.165) is 22.6 Å². The van der Waals surface area contributed by atoms with Crippen molar-refractivity contribution in [3.63, 3.8) is 0 Å². The van der Waals surface area contributed by atoms with Gasteiger partial charge in [-0.25, -0.2) is 5.01 Å². The van der Waals surface area contributed by atoms with Crippen LogP contribution in [0.2, 0.25) is 0 Å². The molecule has 0 radical (unpaired) electrons. The van der Waals surface area contributed by atoms with E-state index in [1.807, 2.05) is 11.9 Å². The van der Waals surface area contributed by atoms with Crippen molar-refractivity contribution in [1.29, 1.82) is 0 Å². The molecular formula is C30H30N4O3S. The summed E-state index contributed by atoms with van der Waals surface area (Å²) >= 11 is 1.30. The topological polar surface area (TPSA) is 83.4 Å². The fourth-order valence-corrected chi connectivity index (χ4v) is 5.50. The van der Waals surface area contributed by atoms with Crippen molar-refractivity contribution in [2.75, 3.05) is 11.9 Å². The molecule has 0 saturated carbocycles. The van der Waals surface area contributed by atoms with Crippen molar-refractivity contribution in [3.05, 3.63) is 95.1 Å². The molecule has 0 saturated heterocycles. The van der Waals surface area contributed by atoms with Gasteiger partial charge in [-0.3, -0.25) is 9.59 Å². The van der Waals surface area contributed by atoms with Gasteiger partial charge in [-0.05, 0) is 56.2 Å². The number of hydrazone groups is 1. The van der Waals surface area contributed by atoms with Crippen molar-refractivity contribution >= 4 is 40.1 Å². The minimum absolute atomic E-state index is 0.0291. The van der Waals surface area contributed by atoms with Crippen molar-refractivity contribution in [2.45, 2.75) is 44.9 Å². The second kappa shape index (κ2) is 11.2. The lowest BCUT2D eigenvalue weighted by atomic mass is 9.97. The lowest BCUT2D eigenvalue weighted by Crippen LogP contribution is -2.25. The number of carbonyl (C=O) groups excluding carboxylic acids is 2. The van der Waals surface area contributed by atoms with E-state index in [4.69, 9.17) is 9.84 Å². The van der Waals surface area contributed by atoms with E-state index in [1.165, 1.54) is 22.9 Å². The number of amides is 2. The highest BCUT2D eigenvalue weighted by Gasteiger charge is 2.39. The summed E-state index contributed by atoms with van der Waals surface area (Å²) < 4.78 is 5.44. The maximum Gasteiger partial charge on any atom is 0.262 e. The third-order valence-electron chi connectivity index (χ3n) is 6.50. The molecule has 38 heavy (non-hydrogen) atoms. The number of anilines is 1. The molecule has 0 aliphatic carbocycles. The molecule has 0 fully saturated rings. The SMILES string of the molecule is CCOc1ccc(NC(=O)C[C@H]2SC(N3N=C(c4ccc(C)cc4)C[C@H]3c3ccc(C)cc3)=NC2=O)cc1. The Labute approximate surface area is 227 Å². The average molecular weight is 527 g/mol. The Morgan fingerprint density at radius 3 is 2.32 bits per heavy atom. The molecule has 2 atom stereocenters. The molecule has 0 spiro atoms. The lowest BCUT2D eigenvalue weighted by molar-refractivity contribution is -0.121. The van der Waals surface area contributed by atoms with Crippen molar-refractivity contribution in [3.8, 4) is 5.75 Å². The molecule has 2 amide bonds. The maximum atomic E-state index is 12.8. The highest BCUT2D eigenvalue weighted by Crippen LogP contribution is 2.38. The Morgan fingerprint density at radius 2 is 1.66 bits per heavy atom. The third-order valence-corrected chi connectivity index (χ3v) is 7.64. The number of benzene rings is 3. The predicted octanol–water partition coefficient (Wildman–Crippen LogP) is 5.88. The van der Waals surface area contributed by atoms with Crippen LogP contribution in [0.5, 0.6) is 5.75 Å². The molecule has 1 N–H and O–H groups in total. The Kier molecular flexibility index (Phi) is 7.60. The van der Waals surface area contributed by atoms with Crippen LogP contribution in [0.1, 0.15) is 48.1 Å². The highest BCUT2D eigenvalue weighted by atomic mass is 32.2. The molecule has 3 aromatic carbocycles. The minimum Gasteiger partial charge on any atom is -0.494 e. The molecule has 7 nitrogen and oxygen atoms in total. The van der Waals surface area contributed by atoms with Gasteiger partial charge in [-0.2, -0.15) is 10.1 Å². The van der Waals surface area contributed by atoms with Crippen LogP contribution in [-0.4, -0.2) is 39.6 Å². The Hall–Kier alpha value is -3.91. The molecule has 5 rings (SSSR count). The van der Waals surface area contributed by atoms with E-state index in [2.05, 4.69) is 72.7 Å². The summed E-state index contributed by atoms with van der Waals surface area (Å²) in [5.74, 6) is 0.190. The number of nitrogens with one attached hydrogen (secondary N) is 1. The van der Waals surface area contributed by atoms with Crippen LogP contribution in [0.3, 0.4) is 0 Å². The van der Waals surface area contributed by atoms with Crippen LogP contribution in [0.15, 0.2) is 82.9 Å². The second-order valence-electron chi connectivity index (χ2n) is 9.44. The van der Waals surface area contributed by atoms with E-state index in [9.17, 15) is 9.59 Å². The summed E-state index contributed by atoms with van der Waals surface area (Å²) in [5, 5.41) is 9.58. The molecule has 2 aliphatic rings. The standard InChI is InChI=1S/C30H30N4O3S/c1-4-37-24-15-13-23(14-16-24)31-28(35)18-27-29(36)32-30(38-27)34-26(22-11-7-20(3)8-12-22)17-25(33-34)21-9-5-19(2)6-10-21/h5-16,26-27H,4,17-18H2,1-3H3,(H,31,35)/t26-,27+/m0/s1. The molecule has 0 bridgehead atoms. The zero-order chi connectivity index (χ0) is 26.6. The van der Waals surface area contributed by atoms with Crippen LogP contribution in [0.25, 0.3) is 0 Å². The van der Waals surface area contributed by atoms with Crippen LogP contribution in [0, 0.1) is 13.8 Å². The number of aliphatic imine (C=N–C) groups is 1. The van der Waals surface area contributed by atoms with Crippen LogP contribution >= 0.6 is 11.8 Å². The van der Waals surface area contributed by atoms with Gasteiger partial charge in [0, 0.05) is 18.5 Å². The van der Waals surface area contributed by atoms with E-state index >= 15 is 0 Å². The summed E-state index contributed by atoms with van der Waals surface area (Å²) in [4.78, 5) is 29.9. The normalized spacial score (nSPS) is 18.8. The molecule has 0 aromatic heterocycles. The molecule has 194 valence electrons. The number of nitrogens with zero attached hydrogens (tertiary/aromatic N) is 3. The van der Waals surface area contributed by atoms with E-state index in [1.54, 1.807) is 24.3 Å². The van der Waals surface area contributed by atoms with Gasteiger partial charge in [0.2, 0.25) is 5.91 Å². The van der Waals surface area contributed by atoms with Gasteiger partial charge in [-0.1, -0.05) is 71.4 Å². The maximum absolute atomic E-state index is 12.8. The van der Waals surface area contributed by atoms with Crippen molar-refractivity contribution in [1.82, 2.24) is 5.01 Å². The van der Waals surface area contributed by atoms with Crippen LogP contribution in [0.4, 0.5) is 5.69 Å². The van der Waals surface area contributed by atoms with Gasteiger partial charge in [0.25, 0.3) is 5.91 Å². The first-order valence-corrected chi connectivity index (χ1v) is 13.6. The Bertz CT molecular complexity index is 1380. The van der Waals surface area contributed by atoms with Gasteiger partial charge >= 0.3 is 0 Å². The molecule has 8 heteroatoms. The molecule has 2 heterocycles. The van der Waals surface area contributed by atoms with E-state index < -0.39 is 5.25 Å². The van der Waals surface area contributed by atoms with E-state index in [-0.39, 0.29) is 24.3 Å². The summed E-state index contributed by atoms with van der Waals surface area (Å²) in [6, 6.07) is 23.8. The Morgan fingerprint density at radius 1 is 1.00 bits per heavy atom. The first kappa shape index (κ1) is 25.7. The number of hydrogen-bond acceptors (Lipinski definition) is 6. The highest BCUT2D eigenvalue weighted by molar-refractivity contribution is 8.15. The lowest BCUT2D eigenvalue weighted by Gasteiger charge is -2.23. The van der Waals surface area contributed by atoms with Gasteiger partial charge in [0.15, 0.2) is 5.17 Å². The average Bonchev–Trinajstić information content (AvgIpc) is 3.50. The summed E-state index contributed by atoms with van der Waals surface area (Å²) in [7, 11) is 0. The monoisotopic (exact) mass is 526 g/mol. The second-order valence-corrected chi connectivity index (χ2v) is 10.6. The number of hydrogen-bond donors (Lipinski definition) is 1. The number of ether oxygens (including phenoxy) is 1. The van der Waals surface area contributed by atoms with Gasteiger partial charge in [0.05, 0.1) is 18.4 Å². The summed E-state index contributed by atoms with van der Waals surface area (Å²) in [6.45, 7) is 6.61. The van der Waals surface area contributed by atoms with Crippen LogP contribution in [-0.2, 0) is 9.59 Å². The van der Waals surface area contributed by atoms with E-state index in [0.29, 0.717) is 23.9 Å². The summed E-state index contributed by atoms with van der Waals surface area (Å²) in [5.41, 5.74) is 6.13. The number of carbonyl (C=O) groups is 2. The van der Waals surface area contributed by atoms with Crippen molar-refractivity contribution in [2.24, 2.45) is 10.1 Å². The molecular weight excluding hydrogens is 496 g/mol. The van der Waals surface area contributed by atoms with Gasteiger partial charge in [-0.15, -0.1) is 0 Å². The number of thioether (sulfide) groups is 1. The smallest absolute Gasteiger partial charge is 0.262 e. The number of aryl methyl sites for hydroxylation is 2. The van der Waals surface area contributed by atoms with Crippen molar-refractivity contribution < 1.29 is 14.3 Å². The number of amidine groups is 1. The molecule has 0 unspecified atom stereocenters. The number of rotatable bonds is 7. The zero-order valence-corrected chi connectivity index (χ0v) is 22.5. The predicted molar refractivity (Wildman–Crippen MR) is 153 cm³/mol. The molecule has 2 aliphatic heterocycles. The fourth-order valence-electron chi connectivity index (χ4n) is 4.44. The first-order valence-electron chi connectivity index (χ1n) is 12.7. The fraction of sp³-hybridized carbons (Fsp3) is 0.267. The van der Waals surface area contributed by atoms with Gasteiger partial charge in [0.1, 0.15) is 11.0 Å². The molecule has 3 aromatic rings. The third kappa shape index (κ3) is 5.81. The Balaban J connectivity index is 1.31. The van der Waals surface area contributed by atoms with Gasteiger partial charge < -0.3 is 10.1 Å². The largest absolute Gasteiger partial charge is 0.494 e. The minimum atomic E-state index is -0.593. The quantitative estimate of drug-likeness (QED) is 0.416.